The van der Waals surface area contributed by atoms with Crippen molar-refractivity contribution in [3.05, 3.63) is 71.8 Å². The van der Waals surface area contributed by atoms with Crippen molar-refractivity contribution in [2.24, 2.45) is 0 Å². The van der Waals surface area contributed by atoms with Crippen molar-refractivity contribution >= 4 is 17.9 Å². The standard InChI is InChI=1S/C16H13NO6/c1-12(18)21-17(22-15(19)13-8-4-2-5-9-13)23-16(20)14-10-6-3-7-11-14/h2-11H,1H3. The number of carbonyl (C=O) groups is 3. The van der Waals surface area contributed by atoms with E-state index in [0.29, 0.717) is 0 Å². The van der Waals surface area contributed by atoms with E-state index in [1.807, 2.05) is 0 Å². The second-order valence-electron chi connectivity index (χ2n) is 4.30. The van der Waals surface area contributed by atoms with Crippen LogP contribution < -0.4 is 0 Å². The third-order valence-corrected chi connectivity index (χ3v) is 2.54. The highest BCUT2D eigenvalue weighted by atomic mass is 17.2. The largest absolute Gasteiger partial charge is 0.364 e. The predicted octanol–water partition coefficient (Wildman–Crippen LogP) is 2.31. The van der Waals surface area contributed by atoms with Crippen LogP contribution in [0.25, 0.3) is 0 Å². The molecule has 2 aromatic carbocycles. The Hall–Kier alpha value is -3.19. The fourth-order valence-electron chi connectivity index (χ4n) is 1.55. The quantitative estimate of drug-likeness (QED) is 0.783. The van der Waals surface area contributed by atoms with Crippen LogP contribution in [0.2, 0.25) is 0 Å². The molecule has 0 unspecified atom stereocenters. The van der Waals surface area contributed by atoms with Gasteiger partial charge < -0.3 is 4.84 Å². The van der Waals surface area contributed by atoms with E-state index in [0.717, 1.165) is 6.92 Å². The highest BCUT2D eigenvalue weighted by molar-refractivity contribution is 5.90. The summed E-state index contributed by atoms with van der Waals surface area (Å²) in [5.74, 6) is -2.54. The maximum Gasteiger partial charge on any atom is 0.364 e. The maximum absolute atomic E-state index is 11.9. The van der Waals surface area contributed by atoms with Crippen molar-refractivity contribution < 1.29 is 28.9 Å². The molecule has 7 nitrogen and oxygen atoms in total. The molecule has 0 amide bonds. The van der Waals surface area contributed by atoms with Crippen LogP contribution in [0.1, 0.15) is 27.6 Å². The van der Waals surface area contributed by atoms with Crippen molar-refractivity contribution in [1.82, 2.24) is 5.39 Å². The Morgan fingerprint density at radius 1 is 0.696 bits per heavy atom. The molecule has 23 heavy (non-hydrogen) atoms. The van der Waals surface area contributed by atoms with Gasteiger partial charge in [0.05, 0.1) is 11.1 Å². The van der Waals surface area contributed by atoms with Gasteiger partial charge in [-0.1, -0.05) is 36.4 Å². The second-order valence-corrected chi connectivity index (χ2v) is 4.30. The number of hydrogen-bond acceptors (Lipinski definition) is 7. The molecule has 0 aliphatic rings. The van der Waals surface area contributed by atoms with Crippen LogP contribution >= 0.6 is 0 Å². The van der Waals surface area contributed by atoms with E-state index in [9.17, 15) is 14.4 Å². The summed E-state index contributed by atoms with van der Waals surface area (Å²) in [5, 5.41) is 0.0903. The topological polar surface area (TPSA) is 82.1 Å². The zero-order valence-corrected chi connectivity index (χ0v) is 12.2. The molecule has 0 fully saturated rings. The molecule has 0 saturated carbocycles. The Labute approximate surface area is 131 Å². The van der Waals surface area contributed by atoms with E-state index in [4.69, 9.17) is 9.68 Å². The predicted molar refractivity (Wildman–Crippen MR) is 77.3 cm³/mol. The molecule has 0 spiro atoms. The maximum atomic E-state index is 11.9. The van der Waals surface area contributed by atoms with Crippen LogP contribution in [0.3, 0.4) is 0 Å². The van der Waals surface area contributed by atoms with Gasteiger partial charge in [-0.15, -0.1) is 0 Å². The fourth-order valence-corrected chi connectivity index (χ4v) is 1.55. The SMILES string of the molecule is CC(=O)ON(OC(=O)c1ccccc1)OC(=O)c1ccccc1. The molecule has 0 aliphatic heterocycles. The summed E-state index contributed by atoms with van der Waals surface area (Å²) in [6.07, 6.45) is 0. The van der Waals surface area contributed by atoms with Gasteiger partial charge in [0.15, 0.2) is 0 Å². The highest BCUT2D eigenvalue weighted by Crippen LogP contribution is 2.08. The van der Waals surface area contributed by atoms with Crippen molar-refractivity contribution in [3.63, 3.8) is 0 Å². The summed E-state index contributed by atoms with van der Waals surface area (Å²) in [4.78, 5) is 48.9. The first kappa shape index (κ1) is 16.2. The van der Waals surface area contributed by atoms with Gasteiger partial charge in [0.2, 0.25) is 5.39 Å². The Morgan fingerprint density at radius 2 is 1.09 bits per heavy atom. The molecule has 0 saturated heterocycles. The normalized spacial score (nSPS) is 10.0. The molecule has 0 aromatic heterocycles. The molecule has 0 radical (unpaired) electrons. The molecule has 7 heteroatoms. The minimum absolute atomic E-state index is 0.0903. The zero-order chi connectivity index (χ0) is 16.7. The van der Waals surface area contributed by atoms with Gasteiger partial charge in [-0.2, -0.15) is 0 Å². The van der Waals surface area contributed by atoms with E-state index in [2.05, 4.69) is 4.84 Å². The van der Waals surface area contributed by atoms with Gasteiger partial charge in [-0.25, -0.2) is 9.59 Å². The zero-order valence-electron chi connectivity index (χ0n) is 12.2. The van der Waals surface area contributed by atoms with Crippen LogP contribution in [-0.4, -0.2) is 23.3 Å². The lowest BCUT2D eigenvalue weighted by Crippen LogP contribution is -2.32. The van der Waals surface area contributed by atoms with Crippen LogP contribution in [0.4, 0.5) is 0 Å². The molecule has 118 valence electrons. The van der Waals surface area contributed by atoms with Crippen LogP contribution in [0.15, 0.2) is 60.7 Å². The van der Waals surface area contributed by atoms with Gasteiger partial charge in [-0.3, -0.25) is 14.5 Å². The molecule has 0 bridgehead atoms. The van der Waals surface area contributed by atoms with Crippen molar-refractivity contribution in [3.8, 4) is 0 Å². The van der Waals surface area contributed by atoms with E-state index in [1.54, 1.807) is 36.4 Å². The number of benzene rings is 2. The second kappa shape index (κ2) is 7.71. The summed E-state index contributed by atoms with van der Waals surface area (Å²) in [6, 6.07) is 15.9. The molecule has 0 heterocycles. The van der Waals surface area contributed by atoms with E-state index in [-0.39, 0.29) is 16.5 Å². The number of rotatable bonds is 5. The number of carbonyl (C=O) groups excluding carboxylic acids is 3. The average molecular weight is 315 g/mol. The lowest BCUT2D eigenvalue weighted by atomic mass is 10.2. The lowest BCUT2D eigenvalue weighted by molar-refractivity contribution is -0.454. The van der Waals surface area contributed by atoms with Crippen molar-refractivity contribution in [2.45, 2.75) is 6.92 Å². The third kappa shape index (κ3) is 4.94. The smallest absolute Gasteiger partial charge is 0.301 e. The number of nitrogens with zero attached hydrogens (tertiary/aromatic N) is 1. The number of hydrogen-bond donors (Lipinski definition) is 0. The van der Waals surface area contributed by atoms with Crippen molar-refractivity contribution in [2.75, 3.05) is 0 Å². The molecule has 2 rings (SSSR count). The highest BCUT2D eigenvalue weighted by Gasteiger charge is 2.22. The van der Waals surface area contributed by atoms with E-state index >= 15 is 0 Å². The Balaban J connectivity index is 2.06. The lowest BCUT2D eigenvalue weighted by Gasteiger charge is -2.16. The molecule has 2 aromatic rings. The van der Waals surface area contributed by atoms with Gasteiger partial charge in [0, 0.05) is 6.92 Å². The van der Waals surface area contributed by atoms with Gasteiger partial charge in [0.1, 0.15) is 0 Å². The fraction of sp³-hybridized carbons (Fsp3) is 0.0625. The summed E-state index contributed by atoms with van der Waals surface area (Å²) >= 11 is 0. The Kier molecular flexibility index (Phi) is 5.43. The average Bonchev–Trinajstić information content (AvgIpc) is 2.55. The minimum Gasteiger partial charge on any atom is -0.301 e. The van der Waals surface area contributed by atoms with Crippen LogP contribution in [-0.2, 0) is 19.3 Å². The van der Waals surface area contributed by atoms with Gasteiger partial charge >= 0.3 is 17.9 Å². The summed E-state index contributed by atoms with van der Waals surface area (Å²) < 4.78 is 0. The summed E-state index contributed by atoms with van der Waals surface area (Å²) in [5.41, 5.74) is 0.390. The van der Waals surface area contributed by atoms with Crippen LogP contribution in [0.5, 0.6) is 0 Å². The third-order valence-electron chi connectivity index (χ3n) is 2.54. The van der Waals surface area contributed by atoms with Gasteiger partial charge in [-0.05, 0) is 24.3 Å². The van der Waals surface area contributed by atoms with Gasteiger partial charge in [0.25, 0.3) is 0 Å². The Bertz CT molecular complexity index is 633. The summed E-state index contributed by atoms with van der Waals surface area (Å²) in [6.45, 7) is 1.07. The van der Waals surface area contributed by atoms with E-state index in [1.165, 1.54) is 24.3 Å². The summed E-state index contributed by atoms with van der Waals surface area (Å²) in [7, 11) is 0. The molecule has 0 atom stereocenters. The Morgan fingerprint density at radius 3 is 1.43 bits per heavy atom. The first-order chi connectivity index (χ1) is 11.1. The van der Waals surface area contributed by atoms with Crippen molar-refractivity contribution in [1.29, 1.82) is 0 Å². The first-order valence-electron chi connectivity index (χ1n) is 6.59. The minimum atomic E-state index is -0.854. The monoisotopic (exact) mass is 315 g/mol. The molecular formula is C16H13NO6. The first-order valence-corrected chi connectivity index (χ1v) is 6.59. The van der Waals surface area contributed by atoms with E-state index < -0.39 is 17.9 Å². The molecular weight excluding hydrogens is 302 g/mol. The molecule has 0 N–H and O–H groups in total. The molecule has 0 aliphatic carbocycles. The van der Waals surface area contributed by atoms with Crippen LogP contribution in [0, 0.1) is 0 Å².